The Kier molecular flexibility index (Phi) is 4.42. The number of nitrogens with one attached hydrogen (secondary N) is 1. The quantitative estimate of drug-likeness (QED) is 0.844. The number of hydrogen-bond acceptors (Lipinski definition) is 4. The molecule has 1 aliphatic heterocycles. The summed E-state index contributed by atoms with van der Waals surface area (Å²) >= 11 is 1.56. The maximum absolute atomic E-state index is 11.9. The van der Waals surface area contributed by atoms with Gasteiger partial charge >= 0.3 is 5.97 Å². The van der Waals surface area contributed by atoms with Gasteiger partial charge in [0.25, 0.3) is 0 Å². The molecule has 0 radical (unpaired) electrons. The Balaban J connectivity index is 1.88. The average molecular weight is 280 g/mol. The molecule has 0 saturated carbocycles. The Morgan fingerprint density at radius 2 is 2.16 bits per heavy atom. The monoisotopic (exact) mass is 280 g/mol. The fraction of sp³-hybridized carbons (Fsp3) is 0.462. The van der Waals surface area contributed by atoms with Crippen LogP contribution in [0, 0.1) is 0 Å². The Bertz CT molecular complexity index is 458. The maximum Gasteiger partial charge on any atom is 0.330 e. The van der Waals surface area contributed by atoms with Gasteiger partial charge in [0.1, 0.15) is 5.54 Å². The largest absolute Gasteiger partial charge is 0.479 e. The van der Waals surface area contributed by atoms with Crippen LogP contribution < -0.4 is 5.32 Å². The molecule has 1 aliphatic rings. The minimum Gasteiger partial charge on any atom is -0.479 e. The van der Waals surface area contributed by atoms with Gasteiger partial charge in [-0.2, -0.15) is 11.8 Å². The van der Waals surface area contributed by atoms with E-state index in [1.54, 1.807) is 24.2 Å². The van der Waals surface area contributed by atoms with Crippen molar-refractivity contribution < 1.29 is 14.7 Å². The van der Waals surface area contributed by atoms with E-state index in [-0.39, 0.29) is 5.91 Å². The number of hydrogen-bond donors (Lipinski definition) is 2. The van der Waals surface area contributed by atoms with E-state index in [1.165, 1.54) is 0 Å². The predicted molar refractivity (Wildman–Crippen MR) is 73.0 cm³/mol. The number of carbonyl (C=O) groups is 2. The van der Waals surface area contributed by atoms with E-state index < -0.39 is 11.5 Å². The summed E-state index contributed by atoms with van der Waals surface area (Å²) in [6.45, 7) is 0. The van der Waals surface area contributed by atoms with Crippen LogP contribution in [0.25, 0.3) is 0 Å². The SMILES string of the molecule is O=C(CCc1ccncc1)NC1(C(=O)O)CCSC1. The van der Waals surface area contributed by atoms with Gasteiger partial charge in [0.15, 0.2) is 0 Å². The van der Waals surface area contributed by atoms with Crippen LogP contribution in [0.4, 0.5) is 0 Å². The van der Waals surface area contributed by atoms with Gasteiger partial charge in [-0.15, -0.1) is 0 Å². The first-order chi connectivity index (χ1) is 9.12. The molecule has 1 amide bonds. The minimum absolute atomic E-state index is 0.207. The van der Waals surface area contributed by atoms with Gasteiger partial charge in [-0.05, 0) is 36.3 Å². The minimum atomic E-state index is -1.07. The maximum atomic E-state index is 11.9. The van der Waals surface area contributed by atoms with E-state index in [0.29, 0.717) is 25.0 Å². The van der Waals surface area contributed by atoms with Crippen molar-refractivity contribution >= 4 is 23.6 Å². The number of aromatic nitrogens is 1. The third kappa shape index (κ3) is 3.47. The fourth-order valence-electron chi connectivity index (χ4n) is 2.02. The highest BCUT2D eigenvalue weighted by Crippen LogP contribution is 2.28. The van der Waals surface area contributed by atoms with Crippen LogP contribution in [0.2, 0.25) is 0 Å². The Hall–Kier alpha value is -1.56. The smallest absolute Gasteiger partial charge is 0.330 e. The van der Waals surface area contributed by atoms with Crippen molar-refractivity contribution in [2.24, 2.45) is 0 Å². The number of pyridine rings is 1. The highest BCUT2D eigenvalue weighted by molar-refractivity contribution is 7.99. The predicted octanol–water partition coefficient (Wildman–Crippen LogP) is 1.09. The van der Waals surface area contributed by atoms with Crippen LogP contribution in [-0.2, 0) is 16.0 Å². The lowest BCUT2D eigenvalue weighted by Gasteiger charge is -2.24. The molecule has 1 unspecified atom stereocenters. The summed E-state index contributed by atoms with van der Waals surface area (Å²) in [7, 11) is 0. The van der Waals surface area contributed by atoms with Gasteiger partial charge in [0.05, 0.1) is 0 Å². The van der Waals surface area contributed by atoms with Crippen molar-refractivity contribution in [2.75, 3.05) is 11.5 Å². The molecular formula is C13H16N2O3S. The Morgan fingerprint density at radius 1 is 1.42 bits per heavy atom. The summed E-state index contributed by atoms with van der Waals surface area (Å²) in [5.41, 5.74) is -0.0460. The summed E-state index contributed by atoms with van der Waals surface area (Å²) in [4.78, 5) is 27.1. The van der Waals surface area contributed by atoms with Crippen LogP contribution in [0.15, 0.2) is 24.5 Å². The molecule has 1 aromatic rings. The summed E-state index contributed by atoms with van der Waals surface area (Å²) in [5.74, 6) is 0.0803. The van der Waals surface area contributed by atoms with Crippen LogP contribution in [0.5, 0.6) is 0 Å². The molecular weight excluding hydrogens is 264 g/mol. The standard InChI is InChI=1S/C13H16N2O3S/c16-11(2-1-10-3-6-14-7-4-10)15-13(12(17)18)5-8-19-9-13/h3-4,6-7H,1-2,5,8-9H2,(H,15,16)(H,17,18). The average Bonchev–Trinajstić information content (AvgIpc) is 2.87. The zero-order chi connectivity index (χ0) is 13.7. The molecule has 1 aromatic heterocycles. The molecule has 1 fully saturated rings. The highest BCUT2D eigenvalue weighted by Gasteiger charge is 2.43. The van der Waals surface area contributed by atoms with Crippen LogP contribution in [0.3, 0.4) is 0 Å². The van der Waals surface area contributed by atoms with Crippen molar-refractivity contribution in [1.29, 1.82) is 0 Å². The van der Waals surface area contributed by atoms with E-state index >= 15 is 0 Å². The molecule has 0 bridgehead atoms. The number of carbonyl (C=O) groups excluding carboxylic acids is 1. The topological polar surface area (TPSA) is 79.3 Å². The number of carboxylic acids is 1. The van der Waals surface area contributed by atoms with E-state index in [1.807, 2.05) is 12.1 Å². The highest BCUT2D eigenvalue weighted by atomic mass is 32.2. The number of aryl methyl sites for hydroxylation is 1. The Morgan fingerprint density at radius 3 is 2.74 bits per heavy atom. The number of thioether (sulfide) groups is 1. The van der Waals surface area contributed by atoms with Crippen LogP contribution >= 0.6 is 11.8 Å². The Labute approximate surface area is 115 Å². The van der Waals surface area contributed by atoms with Crippen LogP contribution in [-0.4, -0.2) is 39.0 Å². The van der Waals surface area contributed by atoms with Crippen molar-refractivity contribution in [3.05, 3.63) is 30.1 Å². The lowest BCUT2D eigenvalue weighted by Crippen LogP contribution is -2.54. The summed E-state index contributed by atoms with van der Waals surface area (Å²) in [5, 5.41) is 11.9. The van der Waals surface area contributed by atoms with Crippen molar-refractivity contribution in [3.63, 3.8) is 0 Å². The molecule has 0 aliphatic carbocycles. The molecule has 2 heterocycles. The molecule has 19 heavy (non-hydrogen) atoms. The number of carboxylic acid groups (broad SMARTS) is 1. The van der Waals surface area contributed by atoms with E-state index in [9.17, 15) is 14.7 Å². The molecule has 1 saturated heterocycles. The normalized spacial score (nSPS) is 22.1. The molecule has 5 nitrogen and oxygen atoms in total. The summed E-state index contributed by atoms with van der Waals surface area (Å²) in [6.07, 6.45) is 4.74. The third-order valence-electron chi connectivity index (χ3n) is 3.20. The molecule has 2 rings (SSSR count). The fourth-order valence-corrected chi connectivity index (χ4v) is 3.35. The first kappa shape index (κ1) is 13.9. The van der Waals surface area contributed by atoms with Gasteiger partial charge in [-0.25, -0.2) is 4.79 Å². The van der Waals surface area contributed by atoms with Gasteiger partial charge in [-0.3, -0.25) is 9.78 Å². The van der Waals surface area contributed by atoms with Crippen molar-refractivity contribution in [2.45, 2.75) is 24.8 Å². The van der Waals surface area contributed by atoms with E-state index in [2.05, 4.69) is 10.3 Å². The van der Waals surface area contributed by atoms with E-state index in [0.717, 1.165) is 11.3 Å². The third-order valence-corrected chi connectivity index (χ3v) is 4.39. The first-order valence-corrected chi connectivity index (χ1v) is 7.29. The molecule has 2 N–H and O–H groups in total. The molecule has 0 spiro atoms. The lowest BCUT2D eigenvalue weighted by molar-refractivity contribution is -0.146. The number of rotatable bonds is 5. The van der Waals surface area contributed by atoms with Gasteiger partial charge < -0.3 is 10.4 Å². The van der Waals surface area contributed by atoms with Crippen molar-refractivity contribution in [1.82, 2.24) is 10.3 Å². The number of nitrogens with zero attached hydrogens (tertiary/aromatic N) is 1. The van der Waals surface area contributed by atoms with Gasteiger partial charge in [0.2, 0.25) is 5.91 Å². The summed E-state index contributed by atoms with van der Waals surface area (Å²) in [6, 6.07) is 3.71. The molecule has 1 atom stereocenters. The van der Waals surface area contributed by atoms with E-state index in [4.69, 9.17) is 0 Å². The van der Waals surface area contributed by atoms with Crippen molar-refractivity contribution in [3.8, 4) is 0 Å². The lowest BCUT2D eigenvalue weighted by atomic mass is 9.98. The first-order valence-electron chi connectivity index (χ1n) is 6.13. The zero-order valence-corrected chi connectivity index (χ0v) is 11.3. The second-order valence-corrected chi connectivity index (χ2v) is 5.70. The second-order valence-electron chi connectivity index (χ2n) is 4.59. The van der Waals surface area contributed by atoms with Gasteiger partial charge in [-0.1, -0.05) is 0 Å². The van der Waals surface area contributed by atoms with Crippen LogP contribution in [0.1, 0.15) is 18.4 Å². The second kappa shape index (κ2) is 6.06. The molecule has 102 valence electrons. The summed E-state index contributed by atoms with van der Waals surface area (Å²) < 4.78 is 0. The van der Waals surface area contributed by atoms with Gasteiger partial charge in [0, 0.05) is 24.6 Å². The molecule has 6 heteroatoms. The number of aliphatic carboxylic acids is 1. The molecule has 0 aromatic carbocycles. The zero-order valence-electron chi connectivity index (χ0n) is 10.5. The number of amides is 1.